The monoisotopic (exact) mass is 147 g/mol. The first kappa shape index (κ1) is 11.8. The van der Waals surface area contributed by atoms with Gasteiger partial charge in [-0.2, -0.15) is 0 Å². The van der Waals surface area contributed by atoms with Crippen molar-refractivity contribution >= 4 is 11.9 Å². The summed E-state index contributed by atoms with van der Waals surface area (Å²) in [6, 6.07) is 0. The summed E-state index contributed by atoms with van der Waals surface area (Å²) in [6.45, 7) is 10.7. The van der Waals surface area contributed by atoms with E-state index in [0.29, 0.717) is 0 Å². The minimum Gasteiger partial charge on any atom is -0.260 e. The minimum atomic E-state index is 1.07. The number of rotatable bonds is 4. The van der Waals surface area contributed by atoms with Crippen LogP contribution in [-0.4, -0.2) is 6.54 Å². The minimum absolute atomic E-state index is 1.07. The lowest BCUT2D eigenvalue weighted by molar-refractivity contribution is 0.880. The molecule has 0 radical (unpaired) electrons. The lowest BCUT2D eigenvalue weighted by Crippen LogP contribution is -2.00. The van der Waals surface area contributed by atoms with Gasteiger partial charge in [-0.05, 0) is 11.8 Å². The normalized spacial score (nSPS) is 7.44. The summed E-state index contributed by atoms with van der Waals surface area (Å²) in [5.74, 6) is 0. The molecule has 0 amide bonds. The third kappa shape index (κ3) is 18.0. The van der Waals surface area contributed by atoms with Gasteiger partial charge in [-0.15, -0.1) is 0 Å². The van der Waals surface area contributed by atoms with E-state index in [1.54, 1.807) is 17.4 Å². The Morgan fingerprint density at radius 3 is 2.44 bits per heavy atom. The summed E-state index contributed by atoms with van der Waals surface area (Å²) < 4.78 is 3.08. The van der Waals surface area contributed by atoms with Crippen molar-refractivity contribution in [3.8, 4) is 0 Å². The maximum Gasteiger partial charge on any atom is 0.00589 e. The van der Waals surface area contributed by atoms with Crippen molar-refractivity contribution in [2.45, 2.75) is 27.2 Å². The van der Waals surface area contributed by atoms with Crippen LogP contribution in [-0.2, 0) is 0 Å². The molecular weight excluding hydrogens is 130 g/mol. The fourth-order valence-electron chi connectivity index (χ4n) is 0.220. The van der Waals surface area contributed by atoms with Crippen molar-refractivity contribution < 1.29 is 0 Å². The van der Waals surface area contributed by atoms with Crippen LogP contribution in [0.5, 0.6) is 0 Å². The summed E-state index contributed by atoms with van der Waals surface area (Å²) in [5.41, 5.74) is 0. The van der Waals surface area contributed by atoms with Gasteiger partial charge in [0.15, 0.2) is 0 Å². The maximum atomic E-state index is 3.53. The third-order valence-corrected chi connectivity index (χ3v) is 1.06. The molecule has 0 saturated heterocycles. The highest BCUT2D eigenvalue weighted by atomic mass is 32.2. The van der Waals surface area contributed by atoms with Crippen molar-refractivity contribution in [2.24, 2.45) is 0 Å². The fraction of sp³-hybridized carbons (Fsp3) is 0.714. The van der Waals surface area contributed by atoms with Crippen LogP contribution in [0.4, 0.5) is 0 Å². The van der Waals surface area contributed by atoms with Crippen molar-refractivity contribution in [1.29, 1.82) is 0 Å². The molecule has 0 bridgehead atoms. The zero-order valence-corrected chi connectivity index (χ0v) is 7.42. The van der Waals surface area contributed by atoms with E-state index < -0.39 is 0 Å². The Hall–Kier alpha value is 0.0500. The quantitative estimate of drug-likeness (QED) is 0.485. The van der Waals surface area contributed by atoms with Gasteiger partial charge in [0.1, 0.15) is 0 Å². The molecule has 0 unspecified atom stereocenters. The predicted octanol–water partition coefficient (Wildman–Crippen LogP) is 2.80. The van der Waals surface area contributed by atoms with Crippen LogP contribution in [0.3, 0.4) is 0 Å². The molecule has 9 heavy (non-hydrogen) atoms. The van der Waals surface area contributed by atoms with Gasteiger partial charge in [0.05, 0.1) is 0 Å². The highest BCUT2D eigenvalue weighted by Gasteiger charge is 1.74. The Morgan fingerprint density at radius 1 is 1.56 bits per heavy atom. The van der Waals surface area contributed by atoms with Gasteiger partial charge in [0, 0.05) is 6.54 Å². The average Bonchev–Trinajstić information content (AvgIpc) is 1.94. The molecule has 0 aliphatic heterocycles. The van der Waals surface area contributed by atoms with Crippen molar-refractivity contribution in [3.63, 3.8) is 0 Å². The van der Waals surface area contributed by atoms with Gasteiger partial charge in [-0.1, -0.05) is 39.3 Å². The summed E-state index contributed by atoms with van der Waals surface area (Å²) >= 11 is 1.55. The standard InChI is InChI=1S/C5H11NS.C2H6/c1-3-5-6-7-4-2;1-2/h4,6H,2-3,5H2,1H3;1-2H3. The molecule has 0 aromatic carbocycles. The van der Waals surface area contributed by atoms with Gasteiger partial charge in [0.2, 0.25) is 0 Å². The molecule has 0 saturated carbocycles. The van der Waals surface area contributed by atoms with Crippen LogP contribution in [0.1, 0.15) is 27.2 Å². The van der Waals surface area contributed by atoms with E-state index in [4.69, 9.17) is 0 Å². The molecular formula is C7H17NS. The van der Waals surface area contributed by atoms with E-state index in [2.05, 4.69) is 18.2 Å². The smallest absolute Gasteiger partial charge is 0.00589 e. The van der Waals surface area contributed by atoms with Crippen LogP contribution >= 0.6 is 11.9 Å². The lowest BCUT2D eigenvalue weighted by Gasteiger charge is -1.92. The first-order valence-electron chi connectivity index (χ1n) is 3.41. The lowest BCUT2D eigenvalue weighted by atomic mass is 10.5. The Morgan fingerprint density at radius 2 is 2.11 bits per heavy atom. The van der Waals surface area contributed by atoms with E-state index in [0.717, 1.165) is 6.54 Å². The summed E-state index contributed by atoms with van der Waals surface area (Å²) in [4.78, 5) is 0. The van der Waals surface area contributed by atoms with Gasteiger partial charge in [-0.25, -0.2) is 0 Å². The second-order valence-electron chi connectivity index (χ2n) is 1.18. The SMILES string of the molecule is C=CSNCCC.CC. The summed E-state index contributed by atoms with van der Waals surface area (Å²) in [5, 5.41) is 1.79. The van der Waals surface area contributed by atoms with Crippen LogP contribution < -0.4 is 4.72 Å². The van der Waals surface area contributed by atoms with Crippen molar-refractivity contribution in [2.75, 3.05) is 6.54 Å². The Balaban J connectivity index is 0. The van der Waals surface area contributed by atoms with Crippen LogP contribution in [0.15, 0.2) is 12.0 Å². The molecule has 2 heteroatoms. The van der Waals surface area contributed by atoms with Crippen molar-refractivity contribution in [1.82, 2.24) is 4.72 Å². The van der Waals surface area contributed by atoms with Gasteiger partial charge >= 0.3 is 0 Å². The zero-order valence-electron chi connectivity index (χ0n) is 6.61. The summed E-state index contributed by atoms with van der Waals surface area (Å²) in [7, 11) is 0. The van der Waals surface area contributed by atoms with E-state index in [1.165, 1.54) is 6.42 Å². The molecule has 0 fully saturated rings. The average molecular weight is 147 g/mol. The van der Waals surface area contributed by atoms with Gasteiger partial charge < -0.3 is 0 Å². The van der Waals surface area contributed by atoms with E-state index in [1.807, 2.05) is 13.8 Å². The summed E-state index contributed by atoms with van der Waals surface area (Å²) in [6.07, 6.45) is 1.18. The van der Waals surface area contributed by atoms with Crippen LogP contribution in [0.2, 0.25) is 0 Å². The predicted molar refractivity (Wildman–Crippen MR) is 47.4 cm³/mol. The highest BCUT2D eigenvalue weighted by Crippen LogP contribution is 1.90. The number of hydrogen-bond donors (Lipinski definition) is 1. The molecule has 0 atom stereocenters. The zero-order chi connectivity index (χ0) is 7.54. The first-order valence-corrected chi connectivity index (χ1v) is 4.29. The van der Waals surface area contributed by atoms with Gasteiger partial charge in [0.25, 0.3) is 0 Å². The first-order chi connectivity index (χ1) is 4.41. The largest absolute Gasteiger partial charge is 0.260 e. The topological polar surface area (TPSA) is 12.0 Å². The number of nitrogens with one attached hydrogen (secondary N) is 1. The fourth-order valence-corrected chi connectivity index (χ4v) is 0.660. The molecule has 0 heterocycles. The molecule has 1 nitrogen and oxygen atoms in total. The molecule has 56 valence electrons. The van der Waals surface area contributed by atoms with E-state index in [9.17, 15) is 0 Å². The Labute approximate surface area is 63.1 Å². The highest BCUT2D eigenvalue weighted by molar-refractivity contribution is 8.00. The van der Waals surface area contributed by atoms with E-state index in [-0.39, 0.29) is 0 Å². The van der Waals surface area contributed by atoms with Crippen LogP contribution in [0, 0.1) is 0 Å². The molecule has 1 N–H and O–H groups in total. The van der Waals surface area contributed by atoms with Gasteiger partial charge in [-0.3, -0.25) is 4.72 Å². The molecule has 0 spiro atoms. The second kappa shape index (κ2) is 15.7. The Bertz CT molecular complexity index is 46.2. The molecule has 0 aliphatic carbocycles. The van der Waals surface area contributed by atoms with E-state index >= 15 is 0 Å². The van der Waals surface area contributed by atoms with Crippen molar-refractivity contribution in [3.05, 3.63) is 12.0 Å². The molecule has 0 aromatic heterocycles. The Kier molecular flexibility index (Phi) is 20.6. The molecule has 0 aliphatic rings. The second-order valence-corrected chi connectivity index (χ2v) is 2.04. The maximum absolute atomic E-state index is 3.53. The van der Waals surface area contributed by atoms with Crippen LogP contribution in [0.25, 0.3) is 0 Å². The number of hydrogen-bond acceptors (Lipinski definition) is 2. The molecule has 0 rings (SSSR count). The third-order valence-electron chi connectivity index (χ3n) is 0.519. The molecule has 0 aromatic rings.